The number of carbonyl (C=O) groups is 3. The first kappa shape index (κ1) is 40.3. The number of fused-ring (bicyclic) bond motifs is 4. The number of anilines is 1. The van der Waals surface area contributed by atoms with Crippen molar-refractivity contribution < 1.29 is 37.2 Å². The number of imide groups is 1. The van der Waals surface area contributed by atoms with Gasteiger partial charge < -0.3 is 19.8 Å². The van der Waals surface area contributed by atoms with Gasteiger partial charge in [0.05, 0.1) is 22.2 Å². The first-order chi connectivity index (χ1) is 29.3. The van der Waals surface area contributed by atoms with Crippen LogP contribution in [0.15, 0.2) is 46.0 Å². The molecule has 320 valence electrons. The van der Waals surface area contributed by atoms with Crippen molar-refractivity contribution in [3.05, 3.63) is 81.5 Å². The maximum absolute atomic E-state index is 14.3. The van der Waals surface area contributed by atoms with Gasteiger partial charge in [0, 0.05) is 64.0 Å². The third-order valence-corrected chi connectivity index (χ3v) is 13.5. The SMILES string of the molecule is Cn1c(=O)n(C2CCC(=O)NC2=O)c2ccc(CCCN3CCN(c4ncc(-c5nc([C@]67CC[C@](CNC(=O)c8cc(F)c(O)c(F)c8F)(CC6)CC7)no5)cn4)CC3)cc21. The molecule has 3 saturated carbocycles. The Bertz CT molecular complexity index is 2580. The zero-order valence-electron chi connectivity index (χ0n) is 33.6. The normalized spacial score (nSPS) is 23.1. The summed E-state index contributed by atoms with van der Waals surface area (Å²) < 4.78 is 50.7. The second kappa shape index (κ2) is 15.7. The minimum absolute atomic E-state index is 0.199. The quantitative estimate of drug-likeness (QED) is 0.128. The number of phenols is 1. The number of amides is 3. The average Bonchev–Trinajstić information content (AvgIpc) is 3.88. The molecule has 5 fully saturated rings. The highest BCUT2D eigenvalue weighted by Gasteiger charge is 2.51. The summed E-state index contributed by atoms with van der Waals surface area (Å²) in [6.45, 7) is 4.38. The zero-order valence-corrected chi connectivity index (χ0v) is 33.6. The van der Waals surface area contributed by atoms with E-state index in [1.54, 1.807) is 24.0 Å². The number of piperidine rings is 1. The van der Waals surface area contributed by atoms with Gasteiger partial charge >= 0.3 is 5.69 Å². The van der Waals surface area contributed by atoms with Crippen LogP contribution in [0.5, 0.6) is 5.75 Å². The highest BCUT2D eigenvalue weighted by molar-refractivity contribution is 6.00. The summed E-state index contributed by atoms with van der Waals surface area (Å²) in [5, 5.41) is 18.7. The van der Waals surface area contributed by atoms with Crippen LogP contribution in [0.2, 0.25) is 0 Å². The van der Waals surface area contributed by atoms with E-state index in [1.165, 1.54) is 4.57 Å². The van der Waals surface area contributed by atoms with Crippen LogP contribution in [0.1, 0.15) is 85.6 Å². The lowest BCUT2D eigenvalue weighted by Gasteiger charge is -2.52. The van der Waals surface area contributed by atoms with Gasteiger partial charge in [-0.3, -0.25) is 33.7 Å². The summed E-state index contributed by atoms with van der Waals surface area (Å²) in [6.07, 6.45) is 10.1. The minimum atomic E-state index is -1.79. The van der Waals surface area contributed by atoms with E-state index in [2.05, 4.69) is 35.6 Å². The molecule has 2 saturated heterocycles. The molecule has 10 rings (SSSR count). The third-order valence-electron chi connectivity index (χ3n) is 13.5. The number of hydrogen-bond acceptors (Lipinski definition) is 12. The smallest absolute Gasteiger partial charge is 0.329 e. The van der Waals surface area contributed by atoms with Gasteiger partial charge in [-0.05, 0) is 93.5 Å². The van der Waals surface area contributed by atoms with Crippen LogP contribution in [-0.4, -0.2) is 96.2 Å². The number of aryl methyl sites for hydroxylation is 2. The predicted molar refractivity (Wildman–Crippen MR) is 213 cm³/mol. The van der Waals surface area contributed by atoms with Crippen LogP contribution in [0.25, 0.3) is 22.5 Å². The van der Waals surface area contributed by atoms with E-state index in [1.807, 2.05) is 18.2 Å². The summed E-state index contributed by atoms with van der Waals surface area (Å²) in [4.78, 5) is 68.6. The number of phenolic OH excluding ortho intramolecular Hbond substituents is 1. The van der Waals surface area contributed by atoms with Crippen LogP contribution in [-0.2, 0) is 28.5 Å². The molecule has 19 heteroatoms. The molecular formula is C42H45F3N10O6. The molecule has 3 amide bonds. The Hall–Kier alpha value is -6.11. The van der Waals surface area contributed by atoms with Crippen molar-refractivity contribution in [3.8, 4) is 17.2 Å². The van der Waals surface area contributed by atoms with Gasteiger partial charge in [0.25, 0.3) is 11.8 Å². The second-order valence-electron chi connectivity index (χ2n) is 17.0. The number of aromatic hydroxyl groups is 1. The molecule has 0 spiro atoms. The average molecular weight is 843 g/mol. The molecule has 5 heterocycles. The Morgan fingerprint density at radius 1 is 0.967 bits per heavy atom. The maximum Gasteiger partial charge on any atom is 0.329 e. The fourth-order valence-corrected chi connectivity index (χ4v) is 9.60. The van der Waals surface area contributed by atoms with Crippen molar-refractivity contribution in [3.63, 3.8) is 0 Å². The first-order valence-corrected chi connectivity index (χ1v) is 20.7. The summed E-state index contributed by atoms with van der Waals surface area (Å²) >= 11 is 0. The molecule has 5 aliphatic rings. The molecule has 2 aliphatic heterocycles. The fraction of sp³-hybridized carbons (Fsp3) is 0.476. The lowest BCUT2D eigenvalue weighted by Crippen LogP contribution is -2.49. The summed E-state index contributed by atoms with van der Waals surface area (Å²) in [5.74, 6) is -6.38. The van der Waals surface area contributed by atoms with Gasteiger partial charge in [0.1, 0.15) is 6.04 Å². The Kier molecular flexibility index (Phi) is 10.4. The molecule has 1 atom stereocenters. The van der Waals surface area contributed by atoms with Crippen LogP contribution >= 0.6 is 0 Å². The van der Waals surface area contributed by atoms with Crippen molar-refractivity contribution >= 4 is 34.7 Å². The molecular weight excluding hydrogens is 798 g/mol. The molecule has 1 unspecified atom stereocenters. The Morgan fingerprint density at radius 3 is 2.39 bits per heavy atom. The highest BCUT2D eigenvalue weighted by atomic mass is 19.2. The number of benzene rings is 2. The number of carbonyl (C=O) groups excluding carboxylic acids is 3. The van der Waals surface area contributed by atoms with E-state index < -0.39 is 46.6 Å². The first-order valence-electron chi connectivity index (χ1n) is 20.7. The molecule has 2 aromatic carbocycles. The van der Waals surface area contributed by atoms with E-state index in [-0.39, 0.29) is 35.4 Å². The van der Waals surface area contributed by atoms with Crippen molar-refractivity contribution in [1.82, 2.24) is 44.8 Å². The van der Waals surface area contributed by atoms with Gasteiger partial charge in [-0.15, -0.1) is 0 Å². The predicted octanol–water partition coefficient (Wildman–Crippen LogP) is 4.06. The Balaban J connectivity index is 0.744. The number of halogens is 3. The lowest BCUT2D eigenvalue weighted by atomic mass is 9.53. The summed E-state index contributed by atoms with van der Waals surface area (Å²) in [6, 6.07) is 5.70. The Morgan fingerprint density at radius 2 is 1.69 bits per heavy atom. The van der Waals surface area contributed by atoms with Gasteiger partial charge in [-0.2, -0.15) is 9.37 Å². The van der Waals surface area contributed by atoms with Gasteiger partial charge in [0.15, 0.2) is 23.2 Å². The Labute approximate surface area is 347 Å². The van der Waals surface area contributed by atoms with Crippen LogP contribution in [0, 0.1) is 22.9 Å². The molecule has 0 radical (unpaired) electrons. The second-order valence-corrected chi connectivity index (χ2v) is 17.0. The third kappa shape index (κ3) is 7.41. The largest absolute Gasteiger partial charge is 0.503 e. The standard InChI is InChI=1S/C42H45F3N10O6/c1-52-30-19-24(4-5-28(30)55(40(52)60)29-6-7-31(56)49-36(29)59)3-2-14-53-15-17-54(18-16-53)39-46-21-25(22-47-39)37-50-38(51-61-37)42-11-8-41(9-12-42,10-13-42)23-48-35(58)26-20-27(43)34(57)33(45)32(26)44/h4-5,19-22,29,57H,2-3,6-18,23H2,1H3,(H,48,58)(H,49,56,59)/t29?,41-,42+. The molecule has 16 nitrogen and oxygen atoms in total. The fourth-order valence-electron chi connectivity index (χ4n) is 9.60. The zero-order chi connectivity index (χ0) is 42.6. The number of hydrogen-bond donors (Lipinski definition) is 3. The van der Waals surface area contributed by atoms with E-state index in [9.17, 15) is 37.5 Å². The molecule has 3 aromatic heterocycles. The number of piperazine rings is 1. The van der Waals surface area contributed by atoms with Crippen molar-refractivity contribution in [2.24, 2.45) is 12.5 Å². The highest BCUT2D eigenvalue weighted by Crippen LogP contribution is 2.57. The van der Waals surface area contributed by atoms with E-state index in [4.69, 9.17) is 9.51 Å². The number of nitrogens with zero attached hydrogens (tertiary/aromatic N) is 8. The number of aromatic nitrogens is 6. The van der Waals surface area contributed by atoms with Crippen molar-refractivity contribution in [2.75, 3.05) is 44.2 Å². The maximum atomic E-state index is 14.3. The van der Waals surface area contributed by atoms with Gasteiger partial charge in [-0.25, -0.2) is 23.5 Å². The molecule has 3 N–H and O–H groups in total. The van der Waals surface area contributed by atoms with Crippen molar-refractivity contribution in [1.29, 1.82) is 0 Å². The number of rotatable bonds is 11. The lowest BCUT2D eigenvalue weighted by molar-refractivity contribution is -0.135. The molecule has 5 aromatic rings. The number of imidazole rings is 1. The van der Waals surface area contributed by atoms with E-state index >= 15 is 0 Å². The van der Waals surface area contributed by atoms with Crippen molar-refractivity contribution in [2.45, 2.75) is 75.7 Å². The topological polar surface area (TPSA) is 194 Å². The molecule has 61 heavy (non-hydrogen) atoms. The van der Waals surface area contributed by atoms with Gasteiger partial charge in [0.2, 0.25) is 23.6 Å². The van der Waals surface area contributed by atoms with Crippen LogP contribution in [0.3, 0.4) is 0 Å². The monoisotopic (exact) mass is 842 g/mol. The van der Waals surface area contributed by atoms with Crippen LogP contribution < -0.4 is 21.2 Å². The summed E-state index contributed by atoms with van der Waals surface area (Å²) in [5.41, 5.74) is 1.55. The minimum Gasteiger partial charge on any atom is -0.503 e. The number of nitrogens with one attached hydrogen (secondary N) is 2. The van der Waals surface area contributed by atoms with E-state index in [0.29, 0.717) is 41.2 Å². The van der Waals surface area contributed by atoms with Gasteiger partial charge in [-0.1, -0.05) is 11.2 Å². The molecule has 3 aliphatic carbocycles. The van der Waals surface area contributed by atoms with E-state index in [0.717, 1.165) is 95.2 Å². The van der Waals surface area contributed by atoms with Crippen LogP contribution in [0.4, 0.5) is 19.1 Å². The summed E-state index contributed by atoms with van der Waals surface area (Å²) in [7, 11) is 1.70. The molecule has 2 bridgehead atoms.